The second kappa shape index (κ2) is 9.61. The Morgan fingerprint density at radius 2 is 2.09 bits per heavy atom. The maximum atomic E-state index is 13.2. The lowest BCUT2D eigenvalue weighted by atomic mass is 10.2. The highest BCUT2D eigenvalue weighted by molar-refractivity contribution is 5.97. The van der Waals surface area contributed by atoms with E-state index in [9.17, 15) is 19.5 Å². The number of aromatic hydroxyl groups is 1. The number of fused-ring (bicyclic) bond motifs is 1. The van der Waals surface area contributed by atoms with Gasteiger partial charge in [0.1, 0.15) is 0 Å². The largest absolute Gasteiger partial charge is 0.492 e. The van der Waals surface area contributed by atoms with E-state index in [1.165, 1.54) is 17.0 Å². The van der Waals surface area contributed by atoms with Crippen LogP contribution < -0.4 is 10.9 Å². The Morgan fingerprint density at radius 1 is 1.36 bits per heavy atom. The zero-order valence-electron chi connectivity index (χ0n) is 18.7. The molecule has 0 atom stereocenters. The van der Waals surface area contributed by atoms with E-state index < -0.39 is 17.3 Å². The molecule has 1 saturated heterocycles. The van der Waals surface area contributed by atoms with Gasteiger partial charge in [0, 0.05) is 25.7 Å². The first-order valence-electron chi connectivity index (χ1n) is 11.0. The van der Waals surface area contributed by atoms with Crippen LogP contribution in [-0.4, -0.2) is 81.2 Å². The van der Waals surface area contributed by atoms with Crippen molar-refractivity contribution in [3.63, 3.8) is 0 Å². The second-order valence-corrected chi connectivity index (χ2v) is 8.59. The molecule has 0 aromatic carbocycles. The average molecular weight is 460 g/mol. The molecule has 3 heterocycles. The molecule has 0 spiro atoms. The van der Waals surface area contributed by atoms with E-state index >= 15 is 0 Å². The summed E-state index contributed by atoms with van der Waals surface area (Å²) in [5, 5.41) is 21.4. The van der Waals surface area contributed by atoms with Crippen LogP contribution in [0.1, 0.15) is 42.6 Å². The summed E-state index contributed by atoms with van der Waals surface area (Å²) in [6, 6.07) is 0.0307. The van der Waals surface area contributed by atoms with E-state index in [1.54, 1.807) is 4.90 Å². The third-order valence-corrected chi connectivity index (χ3v) is 5.42. The zero-order chi connectivity index (χ0) is 23.5. The number of aromatic nitrogens is 3. The first kappa shape index (κ1) is 22.8. The van der Waals surface area contributed by atoms with Crippen molar-refractivity contribution in [2.45, 2.75) is 39.3 Å². The molecule has 0 radical (unpaired) electrons. The van der Waals surface area contributed by atoms with Gasteiger partial charge in [-0.3, -0.25) is 19.0 Å². The molecule has 12 nitrogen and oxygen atoms in total. The molecule has 2 aromatic heterocycles. The third-order valence-electron chi connectivity index (χ3n) is 5.42. The Balaban J connectivity index is 1.59. The van der Waals surface area contributed by atoms with Crippen LogP contribution in [-0.2, 0) is 20.9 Å². The minimum absolute atomic E-state index is 0.0307. The van der Waals surface area contributed by atoms with Gasteiger partial charge in [-0.1, -0.05) is 19.0 Å². The van der Waals surface area contributed by atoms with E-state index in [0.717, 1.165) is 17.4 Å². The van der Waals surface area contributed by atoms with Crippen molar-refractivity contribution in [1.29, 1.82) is 0 Å². The van der Waals surface area contributed by atoms with Crippen molar-refractivity contribution in [2.75, 3.05) is 32.9 Å². The molecular formula is C21H28N6O6. The Kier molecular flexibility index (Phi) is 6.63. The number of carbonyl (C=O) groups is 2. The number of amides is 2. The topological polar surface area (TPSA) is 140 Å². The standard InChI is InChI=1S/C21H28N6O6/c1-13(2)11-26-19-14(10-23-33-12-16(28)25-5-7-32-8-6-25)9-22-27(19)21(31)17(20(26)30)18(29)24-15-3-4-15/h9-10,13,15,31H,3-8,11-12H2,1-2H3,(H,24,29). The van der Waals surface area contributed by atoms with Crippen LogP contribution in [0.2, 0.25) is 0 Å². The minimum atomic E-state index is -0.616. The van der Waals surface area contributed by atoms with E-state index in [1.807, 2.05) is 13.8 Å². The predicted octanol–water partition coefficient (Wildman–Crippen LogP) is -0.0409. The van der Waals surface area contributed by atoms with Gasteiger partial charge in [0.15, 0.2) is 17.8 Å². The molecule has 1 aliphatic heterocycles. The molecule has 4 rings (SSSR count). The number of nitrogens with zero attached hydrogens (tertiary/aromatic N) is 5. The predicted molar refractivity (Wildman–Crippen MR) is 117 cm³/mol. The number of hydrogen-bond acceptors (Lipinski definition) is 8. The van der Waals surface area contributed by atoms with Crippen LogP contribution in [0.3, 0.4) is 0 Å². The first-order chi connectivity index (χ1) is 15.9. The zero-order valence-corrected chi connectivity index (χ0v) is 18.7. The summed E-state index contributed by atoms with van der Waals surface area (Å²) in [5.74, 6) is -1.26. The SMILES string of the molecule is CC(C)Cn1c(=O)c(C(=O)NC2CC2)c(O)n2ncc(C=NOCC(=O)N3CCOCC3)c12. The van der Waals surface area contributed by atoms with Crippen molar-refractivity contribution in [3.05, 3.63) is 27.7 Å². The van der Waals surface area contributed by atoms with Crippen LogP contribution in [0.5, 0.6) is 5.88 Å². The lowest BCUT2D eigenvalue weighted by molar-refractivity contribution is -0.140. The fourth-order valence-corrected chi connectivity index (χ4v) is 3.61. The number of carbonyl (C=O) groups excluding carboxylic acids is 2. The molecule has 2 aliphatic rings. The molecular weight excluding hydrogens is 432 g/mol. The molecule has 33 heavy (non-hydrogen) atoms. The summed E-state index contributed by atoms with van der Waals surface area (Å²) in [6.07, 6.45) is 4.44. The number of oxime groups is 1. The maximum Gasteiger partial charge on any atom is 0.270 e. The lowest BCUT2D eigenvalue weighted by Crippen LogP contribution is -2.42. The quantitative estimate of drug-likeness (QED) is 0.416. The van der Waals surface area contributed by atoms with Crippen LogP contribution in [0, 0.1) is 5.92 Å². The first-order valence-corrected chi connectivity index (χ1v) is 11.0. The molecule has 2 amide bonds. The van der Waals surface area contributed by atoms with Crippen LogP contribution in [0.4, 0.5) is 0 Å². The van der Waals surface area contributed by atoms with Gasteiger partial charge < -0.3 is 24.9 Å². The summed E-state index contributed by atoms with van der Waals surface area (Å²) in [4.78, 5) is 44.8. The van der Waals surface area contributed by atoms with Gasteiger partial charge in [0.2, 0.25) is 5.88 Å². The van der Waals surface area contributed by atoms with Crippen molar-refractivity contribution < 1.29 is 24.3 Å². The Morgan fingerprint density at radius 3 is 2.76 bits per heavy atom. The average Bonchev–Trinajstić information content (AvgIpc) is 3.50. The molecule has 12 heteroatoms. The number of nitrogens with one attached hydrogen (secondary N) is 1. The number of hydrogen-bond donors (Lipinski definition) is 2. The smallest absolute Gasteiger partial charge is 0.270 e. The number of ether oxygens (including phenoxy) is 1. The van der Waals surface area contributed by atoms with E-state index in [-0.39, 0.29) is 35.7 Å². The van der Waals surface area contributed by atoms with E-state index in [2.05, 4.69) is 15.6 Å². The molecule has 178 valence electrons. The summed E-state index contributed by atoms with van der Waals surface area (Å²) in [5.41, 5.74) is -0.267. The fraction of sp³-hybridized carbons (Fsp3) is 0.571. The summed E-state index contributed by atoms with van der Waals surface area (Å²) in [6.45, 7) is 5.95. The van der Waals surface area contributed by atoms with E-state index in [4.69, 9.17) is 9.57 Å². The maximum absolute atomic E-state index is 13.2. The molecule has 2 fully saturated rings. The second-order valence-electron chi connectivity index (χ2n) is 8.59. The molecule has 2 aromatic rings. The van der Waals surface area contributed by atoms with Gasteiger partial charge in [-0.2, -0.15) is 9.61 Å². The van der Waals surface area contributed by atoms with Crippen molar-refractivity contribution in [3.8, 4) is 5.88 Å². The summed E-state index contributed by atoms with van der Waals surface area (Å²) >= 11 is 0. The highest BCUT2D eigenvalue weighted by Crippen LogP contribution is 2.22. The third kappa shape index (κ3) is 5.00. The lowest BCUT2D eigenvalue weighted by Gasteiger charge is -2.26. The molecule has 0 unspecified atom stereocenters. The Labute approximate surface area is 189 Å². The fourth-order valence-electron chi connectivity index (χ4n) is 3.61. The van der Waals surface area contributed by atoms with Crippen molar-refractivity contribution in [2.24, 2.45) is 11.1 Å². The van der Waals surface area contributed by atoms with Crippen LogP contribution in [0.15, 0.2) is 16.1 Å². The summed E-state index contributed by atoms with van der Waals surface area (Å²) in [7, 11) is 0. The Hall–Kier alpha value is -3.41. The highest BCUT2D eigenvalue weighted by Gasteiger charge is 2.30. The molecule has 0 bridgehead atoms. The van der Waals surface area contributed by atoms with Crippen LogP contribution in [0.25, 0.3) is 5.65 Å². The van der Waals surface area contributed by atoms with Crippen molar-refractivity contribution >= 4 is 23.7 Å². The van der Waals surface area contributed by atoms with Gasteiger partial charge in [0.05, 0.1) is 31.2 Å². The monoisotopic (exact) mass is 460 g/mol. The number of morpholine rings is 1. The molecule has 2 N–H and O–H groups in total. The van der Waals surface area contributed by atoms with Gasteiger partial charge in [-0.05, 0) is 18.8 Å². The van der Waals surface area contributed by atoms with Crippen molar-refractivity contribution in [1.82, 2.24) is 24.4 Å². The summed E-state index contributed by atoms with van der Waals surface area (Å²) < 4.78 is 7.77. The Bertz CT molecular complexity index is 1130. The van der Waals surface area contributed by atoms with Gasteiger partial charge >= 0.3 is 0 Å². The van der Waals surface area contributed by atoms with Gasteiger partial charge in [-0.15, -0.1) is 0 Å². The molecule has 1 aliphatic carbocycles. The number of rotatable bonds is 8. The minimum Gasteiger partial charge on any atom is -0.492 e. The van der Waals surface area contributed by atoms with Gasteiger partial charge in [-0.25, -0.2) is 0 Å². The normalized spacial score (nSPS) is 16.6. The molecule has 1 saturated carbocycles. The van der Waals surface area contributed by atoms with E-state index in [0.29, 0.717) is 38.4 Å². The van der Waals surface area contributed by atoms with Crippen LogP contribution >= 0.6 is 0 Å². The highest BCUT2D eigenvalue weighted by atomic mass is 16.6. The van der Waals surface area contributed by atoms with Gasteiger partial charge in [0.25, 0.3) is 17.4 Å².